The Kier molecular flexibility index (Phi) is 4.16. The van der Waals surface area contributed by atoms with Crippen LogP contribution in [0.2, 0.25) is 13.1 Å². The molecule has 0 fully saturated rings. The van der Waals surface area contributed by atoms with Crippen LogP contribution in [-0.4, -0.2) is 14.0 Å². The number of nitrogens with two attached hydrogens (primary N) is 1. The summed E-state index contributed by atoms with van der Waals surface area (Å²) in [4.78, 5) is 4.77. The van der Waals surface area contributed by atoms with Crippen molar-refractivity contribution < 1.29 is 4.43 Å². The maximum atomic E-state index is 6.19. The SMILES string of the molecule is C[Si](C)OC(c1ccc2cc(N)ccc2n1)C(C)(C)C. The second-order valence-corrected chi connectivity index (χ2v) is 8.51. The second-order valence-electron chi connectivity index (χ2n) is 6.46. The zero-order valence-electron chi connectivity index (χ0n) is 12.9. The summed E-state index contributed by atoms with van der Waals surface area (Å²) in [5.74, 6) is 0. The summed E-state index contributed by atoms with van der Waals surface area (Å²) >= 11 is 0. The highest BCUT2D eigenvalue weighted by Crippen LogP contribution is 2.36. The first-order valence-electron chi connectivity index (χ1n) is 6.90. The van der Waals surface area contributed by atoms with Gasteiger partial charge in [0.25, 0.3) is 0 Å². The number of nitrogens with zero attached hydrogens (tertiary/aromatic N) is 1. The summed E-state index contributed by atoms with van der Waals surface area (Å²) in [7, 11) is -0.782. The van der Waals surface area contributed by atoms with Gasteiger partial charge in [0.15, 0.2) is 0 Å². The summed E-state index contributed by atoms with van der Waals surface area (Å²) in [6.45, 7) is 10.9. The fraction of sp³-hybridized carbons (Fsp3) is 0.438. The smallest absolute Gasteiger partial charge is 0.205 e. The molecular weight excluding hydrogens is 264 g/mol. The normalized spacial score (nSPS) is 13.9. The van der Waals surface area contributed by atoms with E-state index in [-0.39, 0.29) is 11.5 Å². The minimum Gasteiger partial charge on any atom is -0.408 e. The van der Waals surface area contributed by atoms with Gasteiger partial charge < -0.3 is 10.2 Å². The van der Waals surface area contributed by atoms with Gasteiger partial charge in [0, 0.05) is 11.1 Å². The molecule has 0 saturated heterocycles. The molecule has 4 heteroatoms. The van der Waals surface area contributed by atoms with Gasteiger partial charge in [-0.2, -0.15) is 0 Å². The van der Waals surface area contributed by atoms with E-state index in [0.29, 0.717) is 0 Å². The number of rotatable bonds is 3. The van der Waals surface area contributed by atoms with Crippen molar-refractivity contribution in [2.45, 2.75) is 40.0 Å². The lowest BCUT2D eigenvalue weighted by Crippen LogP contribution is -2.26. The molecule has 3 nitrogen and oxygen atoms in total. The molecule has 0 spiro atoms. The van der Waals surface area contributed by atoms with Crippen molar-refractivity contribution >= 4 is 25.6 Å². The minimum atomic E-state index is -0.782. The predicted octanol–water partition coefficient (Wildman–Crippen LogP) is 4.17. The summed E-state index contributed by atoms with van der Waals surface area (Å²) < 4.78 is 6.19. The number of nitrogen functional groups attached to an aromatic ring is 1. The average molecular weight is 287 g/mol. The van der Waals surface area contributed by atoms with Gasteiger partial charge in [-0.3, -0.25) is 4.98 Å². The molecule has 1 radical (unpaired) electrons. The average Bonchev–Trinajstić information content (AvgIpc) is 2.34. The van der Waals surface area contributed by atoms with E-state index in [1.807, 2.05) is 18.2 Å². The van der Waals surface area contributed by atoms with Gasteiger partial charge >= 0.3 is 0 Å². The third kappa shape index (κ3) is 3.38. The number of anilines is 1. The van der Waals surface area contributed by atoms with Crippen LogP contribution in [0.1, 0.15) is 32.6 Å². The van der Waals surface area contributed by atoms with Crippen molar-refractivity contribution in [1.82, 2.24) is 4.98 Å². The summed E-state index contributed by atoms with van der Waals surface area (Å²) in [6, 6.07) is 9.95. The van der Waals surface area contributed by atoms with Crippen LogP contribution < -0.4 is 5.73 Å². The molecule has 0 saturated carbocycles. The lowest BCUT2D eigenvalue weighted by Gasteiger charge is -2.32. The standard InChI is InChI=1S/C16H23N2OSi/c1-16(2,3)15(19-20(4)5)14-8-6-11-10-12(17)7-9-13(11)18-14/h6-10,15H,17H2,1-5H3. The topological polar surface area (TPSA) is 48.1 Å². The fourth-order valence-electron chi connectivity index (χ4n) is 2.22. The Morgan fingerprint density at radius 1 is 1.15 bits per heavy atom. The Hall–Kier alpha value is -1.39. The van der Waals surface area contributed by atoms with Gasteiger partial charge in [-0.15, -0.1) is 0 Å². The van der Waals surface area contributed by atoms with Crippen molar-refractivity contribution in [3.63, 3.8) is 0 Å². The van der Waals surface area contributed by atoms with Crippen LogP contribution >= 0.6 is 0 Å². The molecule has 0 aliphatic carbocycles. The van der Waals surface area contributed by atoms with Crippen LogP contribution in [-0.2, 0) is 4.43 Å². The number of hydrogen-bond donors (Lipinski definition) is 1. The minimum absolute atomic E-state index is 0.0216. The molecule has 1 atom stereocenters. The third-order valence-corrected chi connectivity index (χ3v) is 3.85. The first kappa shape index (κ1) is 15.0. The van der Waals surface area contributed by atoms with Crippen LogP contribution in [0.5, 0.6) is 0 Å². The quantitative estimate of drug-likeness (QED) is 0.681. The Morgan fingerprint density at radius 3 is 2.45 bits per heavy atom. The van der Waals surface area contributed by atoms with E-state index < -0.39 is 9.04 Å². The van der Waals surface area contributed by atoms with E-state index in [2.05, 4.69) is 46.0 Å². The maximum absolute atomic E-state index is 6.19. The molecule has 2 N–H and O–H groups in total. The molecule has 20 heavy (non-hydrogen) atoms. The monoisotopic (exact) mass is 287 g/mol. The molecule has 107 valence electrons. The third-order valence-electron chi connectivity index (χ3n) is 3.14. The van der Waals surface area contributed by atoms with Gasteiger partial charge in [-0.05, 0) is 42.8 Å². The Balaban J connectivity index is 2.45. The Labute approximate surface area is 122 Å². The lowest BCUT2D eigenvalue weighted by atomic mass is 9.87. The molecular formula is C16H23N2OSi. The zero-order chi connectivity index (χ0) is 14.9. The number of fused-ring (bicyclic) bond motifs is 1. The first-order chi connectivity index (χ1) is 9.27. The van der Waals surface area contributed by atoms with Crippen molar-refractivity contribution in [3.05, 3.63) is 36.0 Å². The molecule has 1 heterocycles. The number of aromatic nitrogens is 1. The zero-order valence-corrected chi connectivity index (χ0v) is 13.9. The van der Waals surface area contributed by atoms with E-state index in [1.165, 1.54) is 0 Å². The number of benzene rings is 1. The molecule has 1 aromatic carbocycles. The van der Waals surface area contributed by atoms with Crippen molar-refractivity contribution in [3.8, 4) is 0 Å². The summed E-state index contributed by atoms with van der Waals surface area (Å²) in [6.07, 6.45) is 0.0216. The van der Waals surface area contributed by atoms with Crippen LogP contribution in [0.25, 0.3) is 10.9 Å². The molecule has 2 rings (SSSR count). The molecule has 0 aliphatic rings. The van der Waals surface area contributed by atoms with Crippen LogP contribution in [0.4, 0.5) is 5.69 Å². The highest BCUT2D eigenvalue weighted by atomic mass is 28.3. The Morgan fingerprint density at radius 2 is 1.85 bits per heavy atom. The first-order valence-corrected chi connectivity index (χ1v) is 9.31. The van der Waals surface area contributed by atoms with Crippen molar-refractivity contribution in [2.75, 3.05) is 5.73 Å². The second kappa shape index (κ2) is 5.54. The molecule has 1 aromatic heterocycles. The van der Waals surface area contributed by atoms with Gasteiger partial charge in [-0.25, -0.2) is 0 Å². The lowest BCUT2D eigenvalue weighted by molar-refractivity contribution is 0.0830. The van der Waals surface area contributed by atoms with E-state index in [0.717, 1.165) is 22.3 Å². The van der Waals surface area contributed by atoms with Gasteiger partial charge in [-0.1, -0.05) is 26.8 Å². The molecule has 0 aliphatic heterocycles. The number of pyridine rings is 1. The van der Waals surface area contributed by atoms with Crippen molar-refractivity contribution in [1.29, 1.82) is 0 Å². The van der Waals surface area contributed by atoms with E-state index in [9.17, 15) is 0 Å². The molecule has 0 amide bonds. The highest BCUT2D eigenvalue weighted by Gasteiger charge is 2.29. The largest absolute Gasteiger partial charge is 0.408 e. The van der Waals surface area contributed by atoms with Gasteiger partial charge in [0.05, 0.1) is 17.3 Å². The van der Waals surface area contributed by atoms with Gasteiger partial charge in [0.2, 0.25) is 9.04 Å². The van der Waals surface area contributed by atoms with Crippen LogP contribution in [0, 0.1) is 5.41 Å². The van der Waals surface area contributed by atoms with Crippen LogP contribution in [0.15, 0.2) is 30.3 Å². The summed E-state index contributed by atoms with van der Waals surface area (Å²) in [5.41, 5.74) is 8.57. The maximum Gasteiger partial charge on any atom is 0.205 e. The van der Waals surface area contributed by atoms with E-state index in [4.69, 9.17) is 15.1 Å². The molecule has 2 aromatic rings. The van der Waals surface area contributed by atoms with Crippen molar-refractivity contribution in [2.24, 2.45) is 5.41 Å². The van der Waals surface area contributed by atoms with Crippen LogP contribution in [0.3, 0.4) is 0 Å². The molecule has 1 unspecified atom stereocenters. The molecule has 0 bridgehead atoms. The predicted molar refractivity (Wildman–Crippen MR) is 86.9 cm³/mol. The van der Waals surface area contributed by atoms with E-state index >= 15 is 0 Å². The van der Waals surface area contributed by atoms with E-state index in [1.54, 1.807) is 0 Å². The Bertz CT molecular complexity index is 605. The van der Waals surface area contributed by atoms with Gasteiger partial charge in [0.1, 0.15) is 0 Å². The summed E-state index contributed by atoms with van der Waals surface area (Å²) in [5, 5.41) is 1.07. The fourth-order valence-corrected chi connectivity index (χ4v) is 3.17. The highest BCUT2D eigenvalue weighted by molar-refractivity contribution is 6.48. The number of hydrogen-bond acceptors (Lipinski definition) is 3.